The largest absolute Gasteiger partial charge is 0.467 e. The highest BCUT2D eigenvalue weighted by atomic mass is 32.2. The number of benzene rings is 1. The van der Waals surface area contributed by atoms with Gasteiger partial charge in [-0.05, 0) is 49.6 Å². The van der Waals surface area contributed by atoms with E-state index in [1.54, 1.807) is 37.5 Å². The maximum Gasteiger partial charge on any atom is 0.251 e. The van der Waals surface area contributed by atoms with E-state index in [2.05, 4.69) is 5.32 Å². The Balaban J connectivity index is 1.81. The van der Waals surface area contributed by atoms with Gasteiger partial charge in [0, 0.05) is 18.7 Å². The van der Waals surface area contributed by atoms with Gasteiger partial charge in [0.1, 0.15) is 5.76 Å². The monoisotopic (exact) mass is 376 g/mol. The minimum absolute atomic E-state index is 0.174. The van der Waals surface area contributed by atoms with Crippen LogP contribution >= 0.6 is 0 Å². The lowest BCUT2D eigenvalue weighted by Gasteiger charge is -2.20. The standard InChI is InChI=1S/C19H24N2O4S/c1-15-8-9-17(26(23,24)21-10-4-2-3-5-11-21)13-18(15)19(22)20-14-16-7-6-12-25-16/h6-9,12-13H,2-5,10-11,14H2,1H3,(H,20,22). The summed E-state index contributed by atoms with van der Waals surface area (Å²) in [6, 6.07) is 8.27. The van der Waals surface area contributed by atoms with E-state index in [-0.39, 0.29) is 17.3 Å². The van der Waals surface area contributed by atoms with Crippen molar-refractivity contribution in [2.75, 3.05) is 13.1 Å². The van der Waals surface area contributed by atoms with Gasteiger partial charge in [-0.2, -0.15) is 4.31 Å². The molecule has 0 aliphatic carbocycles. The smallest absolute Gasteiger partial charge is 0.251 e. The fourth-order valence-corrected chi connectivity index (χ4v) is 4.66. The van der Waals surface area contributed by atoms with Crippen LogP contribution in [-0.4, -0.2) is 31.7 Å². The average Bonchev–Trinajstić information content (AvgIpc) is 2.99. The van der Waals surface area contributed by atoms with Gasteiger partial charge in [0.15, 0.2) is 0 Å². The third-order valence-corrected chi connectivity index (χ3v) is 6.55. The Labute approximate surface area is 154 Å². The van der Waals surface area contributed by atoms with Crippen LogP contribution in [0.1, 0.15) is 47.4 Å². The van der Waals surface area contributed by atoms with Crippen molar-refractivity contribution in [3.63, 3.8) is 0 Å². The summed E-state index contributed by atoms with van der Waals surface area (Å²) >= 11 is 0. The van der Waals surface area contributed by atoms with E-state index >= 15 is 0 Å². The molecule has 1 fully saturated rings. The van der Waals surface area contributed by atoms with E-state index in [1.165, 1.54) is 10.4 Å². The lowest BCUT2D eigenvalue weighted by Crippen LogP contribution is -2.32. The normalized spacial score (nSPS) is 16.2. The lowest BCUT2D eigenvalue weighted by atomic mass is 10.1. The molecular weight excluding hydrogens is 352 g/mol. The average molecular weight is 376 g/mol. The number of amides is 1. The molecule has 26 heavy (non-hydrogen) atoms. The summed E-state index contributed by atoms with van der Waals surface area (Å²) in [4.78, 5) is 12.7. The van der Waals surface area contributed by atoms with Crippen molar-refractivity contribution in [1.82, 2.24) is 9.62 Å². The molecule has 0 saturated carbocycles. The fraction of sp³-hybridized carbons (Fsp3) is 0.421. The molecule has 1 amide bonds. The predicted octanol–water partition coefficient (Wildman–Crippen LogP) is 3.08. The highest BCUT2D eigenvalue weighted by molar-refractivity contribution is 7.89. The first-order valence-electron chi connectivity index (χ1n) is 8.90. The number of nitrogens with one attached hydrogen (secondary N) is 1. The highest BCUT2D eigenvalue weighted by Gasteiger charge is 2.26. The van der Waals surface area contributed by atoms with E-state index in [0.717, 1.165) is 31.2 Å². The molecule has 1 aliphatic rings. The molecule has 1 N–H and O–H groups in total. The topological polar surface area (TPSA) is 79.6 Å². The summed E-state index contributed by atoms with van der Waals surface area (Å²) in [5.74, 6) is 0.330. The Hall–Kier alpha value is -2.12. The number of furan rings is 1. The zero-order chi connectivity index (χ0) is 18.6. The summed E-state index contributed by atoms with van der Waals surface area (Å²) in [6.07, 6.45) is 5.41. The maximum absolute atomic E-state index is 12.9. The Morgan fingerprint density at radius 2 is 1.88 bits per heavy atom. The summed E-state index contributed by atoms with van der Waals surface area (Å²) in [5.41, 5.74) is 1.10. The van der Waals surface area contributed by atoms with Gasteiger partial charge in [0.25, 0.3) is 5.91 Å². The van der Waals surface area contributed by atoms with E-state index in [4.69, 9.17) is 4.42 Å². The molecule has 1 aliphatic heterocycles. The molecule has 0 atom stereocenters. The Morgan fingerprint density at radius 1 is 1.15 bits per heavy atom. The van der Waals surface area contributed by atoms with Gasteiger partial charge in [-0.3, -0.25) is 4.79 Å². The molecule has 2 heterocycles. The van der Waals surface area contributed by atoms with Crippen LogP contribution in [-0.2, 0) is 16.6 Å². The van der Waals surface area contributed by atoms with Crippen molar-refractivity contribution in [2.24, 2.45) is 0 Å². The molecule has 1 aromatic carbocycles. The Morgan fingerprint density at radius 3 is 2.54 bits per heavy atom. The SMILES string of the molecule is Cc1ccc(S(=O)(=O)N2CCCCCC2)cc1C(=O)NCc1ccco1. The fourth-order valence-electron chi connectivity index (χ4n) is 3.11. The highest BCUT2D eigenvalue weighted by Crippen LogP contribution is 2.22. The minimum Gasteiger partial charge on any atom is -0.467 e. The van der Waals surface area contributed by atoms with Crippen molar-refractivity contribution in [2.45, 2.75) is 44.0 Å². The molecule has 0 radical (unpaired) electrons. The minimum atomic E-state index is -3.58. The first kappa shape index (κ1) is 18.7. The second-order valence-electron chi connectivity index (χ2n) is 6.56. The molecule has 0 spiro atoms. The van der Waals surface area contributed by atoms with Crippen LogP contribution in [0.25, 0.3) is 0 Å². The Bertz CT molecular complexity index is 852. The van der Waals surface area contributed by atoms with Gasteiger partial charge >= 0.3 is 0 Å². The summed E-state index contributed by atoms with van der Waals surface area (Å²) in [6.45, 7) is 3.13. The first-order valence-corrected chi connectivity index (χ1v) is 10.3. The van der Waals surface area contributed by atoms with Gasteiger partial charge in [0.05, 0.1) is 17.7 Å². The van der Waals surface area contributed by atoms with Crippen LogP contribution in [0.15, 0.2) is 45.9 Å². The molecule has 6 nitrogen and oxygen atoms in total. The van der Waals surface area contributed by atoms with Gasteiger partial charge in [-0.15, -0.1) is 0 Å². The molecule has 7 heteroatoms. The van der Waals surface area contributed by atoms with Crippen LogP contribution in [0.2, 0.25) is 0 Å². The zero-order valence-electron chi connectivity index (χ0n) is 14.9. The van der Waals surface area contributed by atoms with Gasteiger partial charge in [0.2, 0.25) is 10.0 Å². The van der Waals surface area contributed by atoms with Gasteiger partial charge in [-0.25, -0.2) is 8.42 Å². The molecule has 0 bridgehead atoms. The van der Waals surface area contributed by atoms with Crippen molar-refractivity contribution < 1.29 is 17.6 Å². The second-order valence-corrected chi connectivity index (χ2v) is 8.50. The molecular formula is C19H24N2O4S. The molecule has 0 unspecified atom stereocenters. The van der Waals surface area contributed by atoms with Crippen molar-refractivity contribution in [3.8, 4) is 0 Å². The van der Waals surface area contributed by atoms with Gasteiger partial charge < -0.3 is 9.73 Å². The first-order chi connectivity index (χ1) is 12.5. The van der Waals surface area contributed by atoms with Crippen LogP contribution in [0, 0.1) is 6.92 Å². The quantitative estimate of drug-likeness (QED) is 0.870. The number of nitrogens with zero attached hydrogens (tertiary/aromatic N) is 1. The van der Waals surface area contributed by atoms with E-state index in [9.17, 15) is 13.2 Å². The number of hydrogen-bond donors (Lipinski definition) is 1. The predicted molar refractivity (Wildman–Crippen MR) is 98.3 cm³/mol. The molecule has 140 valence electrons. The van der Waals surface area contributed by atoms with E-state index < -0.39 is 10.0 Å². The van der Waals surface area contributed by atoms with Crippen LogP contribution in [0.3, 0.4) is 0 Å². The zero-order valence-corrected chi connectivity index (χ0v) is 15.7. The molecule has 1 aromatic heterocycles. The number of aryl methyl sites for hydroxylation is 1. The third kappa shape index (κ3) is 4.16. The second kappa shape index (κ2) is 8.05. The Kier molecular flexibility index (Phi) is 5.78. The van der Waals surface area contributed by atoms with E-state index in [1.807, 2.05) is 0 Å². The third-order valence-electron chi connectivity index (χ3n) is 4.66. The van der Waals surface area contributed by atoms with Crippen LogP contribution in [0.4, 0.5) is 0 Å². The summed E-state index contributed by atoms with van der Waals surface area (Å²) in [7, 11) is -3.58. The van der Waals surface area contributed by atoms with Crippen molar-refractivity contribution in [1.29, 1.82) is 0 Å². The van der Waals surface area contributed by atoms with Gasteiger partial charge in [-0.1, -0.05) is 18.9 Å². The van der Waals surface area contributed by atoms with Crippen LogP contribution < -0.4 is 5.32 Å². The van der Waals surface area contributed by atoms with Crippen LogP contribution in [0.5, 0.6) is 0 Å². The number of sulfonamides is 1. The number of carbonyl (C=O) groups is 1. The molecule has 3 rings (SSSR count). The van der Waals surface area contributed by atoms with Crippen molar-refractivity contribution >= 4 is 15.9 Å². The summed E-state index contributed by atoms with van der Waals surface area (Å²) in [5, 5.41) is 2.77. The molecule has 1 saturated heterocycles. The van der Waals surface area contributed by atoms with E-state index in [0.29, 0.717) is 24.4 Å². The lowest BCUT2D eigenvalue weighted by molar-refractivity contribution is 0.0947. The number of rotatable bonds is 5. The van der Waals surface area contributed by atoms with Crippen molar-refractivity contribution in [3.05, 3.63) is 53.5 Å². The summed E-state index contributed by atoms with van der Waals surface area (Å²) < 4.78 is 32.6. The maximum atomic E-state index is 12.9. The number of carbonyl (C=O) groups excluding carboxylic acids is 1. The number of hydrogen-bond acceptors (Lipinski definition) is 4. The molecule has 2 aromatic rings.